The van der Waals surface area contributed by atoms with Crippen LogP contribution in [-0.4, -0.2) is 17.6 Å². The van der Waals surface area contributed by atoms with E-state index in [0.29, 0.717) is 29.2 Å². The fraction of sp³-hybridized carbons (Fsp3) is 0.188. The summed E-state index contributed by atoms with van der Waals surface area (Å²) in [5, 5.41) is 13.7. The van der Waals surface area contributed by atoms with E-state index in [-0.39, 0.29) is 0 Å². The number of carbonyl (C=O) groups excluding carboxylic acids is 1. The van der Waals surface area contributed by atoms with Crippen LogP contribution in [0, 0.1) is 0 Å². The molecular formula is C16H15NO3. The number of carbonyl (C=O) groups is 1. The van der Waals surface area contributed by atoms with Gasteiger partial charge >= 0.3 is 0 Å². The Labute approximate surface area is 117 Å². The molecule has 4 nitrogen and oxygen atoms in total. The molecule has 0 aromatic heterocycles. The number of fused-ring (bicyclic) bond motifs is 1. The van der Waals surface area contributed by atoms with Gasteiger partial charge in [-0.2, -0.15) is 0 Å². The summed E-state index contributed by atoms with van der Waals surface area (Å²) in [6.45, 7) is 2.33. The summed E-state index contributed by atoms with van der Waals surface area (Å²) in [7, 11) is 0. The first kappa shape index (κ1) is 12.7. The number of amides is 1. The average molecular weight is 269 g/mol. The zero-order valence-corrected chi connectivity index (χ0v) is 11.1. The van der Waals surface area contributed by atoms with Gasteiger partial charge in [0.2, 0.25) is 0 Å². The van der Waals surface area contributed by atoms with E-state index in [1.807, 2.05) is 19.1 Å². The standard InChI is InChI=1S/C16H15NO3/c1-2-20-14-10-6-4-8-12(14)16(19)11-7-3-5-9-13(11)17-15(16)18/h3-10,19H,2H2,1H3,(H,17,18). The van der Waals surface area contributed by atoms with Crippen LogP contribution in [0.1, 0.15) is 18.1 Å². The molecule has 1 heterocycles. The van der Waals surface area contributed by atoms with Gasteiger partial charge in [0.25, 0.3) is 5.91 Å². The molecule has 0 saturated heterocycles. The van der Waals surface area contributed by atoms with Gasteiger partial charge in [-0.3, -0.25) is 4.79 Å². The van der Waals surface area contributed by atoms with E-state index in [0.717, 1.165) is 0 Å². The van der Waals surface area contributed by atoms with Crippen molar-refractivity contribution >= 4 is 11.6 Å². The van der Waals surface area contributed by atoms with Crippen LogP contribution in [0.3, 0.4) is 0 Å². The summed E-state index contributed by atoms with van der Waals surface area (Å²) in [5.74, 6) is 0.0650. The van der Waals surface area contributed by atoms with Gasteiger partial charge < -0.3 is 15.2 Å². The molecular weight excluding hydrogens is 254 g/mol. The third-order valence-electron chi connectivity index (χ3n) is 3.47. The van der Waals surface area contributed by atoms with E-state index >= 15 is 0 Å². The molecule has 1 atom stereocenters. The third kappa shape index (κ3) is 1.69. The Morgan fingerprint density at radius 2 is 1.75 bits per heavy atom. The Kier molecular flexibility index (Phi) is 2.95. The second-order valence-electron chi connectivity index (χ2n) is 4.64. The summed E-state index contributed by atoms with van der Waals surface area (Å²) in [6.07, 6.45) is 0. The number of benzene rings is 2. The second kappa shape index (κ2) is 4.65. The quantitative estimate of drug-likeness (QED) is 0.898. The molecule has 0 aliphatic carbocycles. The van der Waals surface area contributed by atoms with Crippen molar-refractivity contribution in [2.24, 2.45) is 0 Å². The highest BCUT2D eigenvalue weighted by Gasteiger charge is 2.48. The van der Waals surface area contributed by atoms with Crippen molar-refractivity contribution in [2.75, 3.05) is 11.9 Å². The van der Waals surface area contributed by atoms with Crippen LogP contribution in [0.5, 0.6) is 5.75 Å². The first-order chi connectivity index (χ1) is 9.67. The number of ether oxygens (including phenoxy) is 1. The smallest absolute Gasteiger partial charge is 0.266 e. The van der Waals surface area contributed by atoms with Crippen LogP contribution in [-0.2, 0) is 10.4 Å². The Balaban J connectivity index is 2.20. The van der Waals surface area contributed by atoms with Gasteiger partial charge in [0, 0.05) is 16.8 Å². The number of para-hydroxylation sites is 2. The van der Waals surface area contributed by atoms with Crippen LogP contribution < -0.4 is 10.1 Å². The Hall–Kier alpha value is -2.33. The minimum atomic E-state index is -1.71. The molecule has 1 aliphatic heterocycles. The SMILES string of the molecule is CCOc1ccccc1C1(O)C(=O)Nc2ccccc21. The molecule has 0 bridgehead atoms. The van der Waals surface area contributed by atoms with E-state index < -0.39 is 11.5 Å². The maximum atomic E-state index is 12.3. The summed E-state index contributed by atoms with van der Waals surface area (Å²) >= 11 is 0. The highest BCUT2D eigenvalue weighted by Crippen LogP contribution is 2.43. The molecule has 1 unspecified atom stereocenters. The molecule has 0 saturated carbocycles. The van der Waals surface area contributed by atoms with Gasteiger partial charge in [-0.1, -0.05) is 36.4 Å². The first-order valence-corrected chi connectivity index (χ1v) is 6.53. The predicted octanol–water partition coefficient (Wildman–Crippen LogP) is 2.27. The maximum absolute atomic E-state index is 12.3. The van der Waals surface area contributed by atoms with Crippen molar-refractivity contribution in [3.05, 3.63) is 59.7 Å². The number of aliphatic hydroxyl groups is 1. The van der Waals surface area contributed by atoms with Gasteiger partial charge in [0.15, 0.2) is 5.60 Å². The summed E-state index contributed by atoms with van der Waals surface area (Å²) in [5.41, 5.74) is -0.0599. The van der Waals surface area contributed by atoms with Crippen molar-refractivity contribution in [3.8, 4) is 5.75 Å². The van der Waals surface area contributed by atoms with Crippen molar-refractivity contribution in [1.29, 1.82) is 0 Å². The Morgan fingerprint density at radius 3 is 2.50 bits per heavy atom. The Morgan fingerprint density at radius 1 is 1.10 bits per heavy atom. The molecule has 0 spiro atoms. The molecule has 20 heavy (non-hydrogen) atoms. The maximum Gasteiger partial charge on any atom is 0.266 e. The van der Waals surface area contributed by atoms with E-state index in [9.17, 15) is 9.90 Å². The lowest BCUT2D eigenvalue weighted by Crippen LogP contribution is -2.35. The normalized spacial score (nSPS) is 20.4. The molecule has 4 heteroatoms. The Bertz CT molecular complexity index is 668. The molecule has 1 amide bonds. The third-order valence-corrected chi connectivity index (χ3v) is 3.47. The number of anilines is 1. The van der Waals surface area contributed by atoms with E-state index in [4.69, 9.17) is 4.74 Å². The number of hydrogen-bond donors (Lipinski definition) is 2. The lowest BCUT2D eigenvalue weighted by molar-refractivity contribution is -0.129. The van der Waals surface area contributed by atoms with Gasteiger partial charge in [0.1, 0.15) is 5.75 Å². The van der Waals surface area contributed by atoms with Crippen molar-refractivity contribution in [3.63, 3.8) is 0 Å². The zero-order valence-electron chi connectivity index (χ0n) is 11.1. The van der Waals surface area contributed by atoms with E-state index in [1.165, 1.54) is 0 Å². The van der Waals surface area contributed by atoms with Crippen LogP contribution >= 0.6 is 0 Å². The van der Waals surface area contributed by atoms with Gasteiger partial charge in [-0.05, 0) is 19.1 Å². The second-order valence-corrected chi connectivity index (χ2v) is 4.64. The number of hydrogen-bond acceptors (Lipinski definition) is 3. The molecule has 3 rings (SSSR count). The fourth-order valence-electron chi connectivity index (χ4n) is 2.56. The van der Waals surface area contributed by atoms with E-state index in [1.54, 1.807) is 36.4 Å². The molecule has 0 radical (unpaired) electrons. The van der Waals surface area contributed by atoms with Crippen LogP contribution in [0.25, 0.3) is 0 Å². The van der Waals surface area contributed by atoms with Crippen molar-refractivity contribution in [1.82, 2.24) is 0 Å². The van der Waals surface area contributed by atoms with E-state index in [2.05, 4.69) is 5.32 Å². The average Bonchev–Trinajstić information content (AvgIpc) is 2.73. The van der Waals surface area contributed by atoms with Crippen LogP contribution in [0.15, 0.2) is 48.5 Å². The minimum absolute atomic E-state index is 0.453. The van der Waals surface area contributed by atoms with Gasteiger partial charge in [-0.25, -0.2) is 0 Å². The van der Waals surface area contributed by atoms with Crippen molar-refractivity contribution < 1.29 is 14.6 Å². The predicted molar refractivity (Wildman–Crippen MR) is 75.7 cm³/mol. The van der Waals surface area contributed by atoms with Crippen LogP contribution in [0.4, 0.5) is 5.69 Å². The monoisotopic (exact) mass is 269 g/mol. The lowest BCUT2D eigenvalue weighted by Gasteiger charge is -2.23. The molecule has 2 N–H and O–H groups in total. The van der Waals surface area contributed by atoms with Gasteiger partial charge in [0.05, 0.1) is 6.61 Å². The zero-order chi connectivity index (χ0) is 14.2. The highest BCUT2D eigenvalue weighted by molar-refractivity contribution is 6.07. The van der Waals surface area contributed by atoms with Gasteiger partial charge in [-0.15, -0.1) is 0 Å². The van der Waals surface area contributed by atoms with Crippen molar-refractivity contribution in [2.45, 2.75) is 12.5 Å². The molecule has 102 valence electrons. The fourth-order valence-corrected chi connectivity index (χ4v) is 2.56. The summed E-state index contributed by atoms with van der Waals surface area (Å²) < 4.78 is 5.54. The largest absolute Gasteiger partial charge is 0.493 e. The summed E-state index contributed by atoms with van der Waals surface area (Å²) in [6, 6.07) is 14.2. The molecule has 2 aromatic rings. The number of rotatable bonds is 3. The summed E-state index contributed by atoms with van der Waals surface area (Å²) in [4.78, 5) is 12.3. The topological polar surface area (TPSA) is 58.6 Å². The molecule has 1 aliphatic rings. The highest BCUT2D eigenvalue weighted by atomic mass is 16.5. The minimum Gasteiger partial charge on any atom is -0.493 e. The van der Waals surface area contributed by atoms with Crippen LogP contribution in [0.2, 0.25) is 0 Å². The molecule has 0 fully saturated rings. The number of nitrogens with one attached hydrogen (secondary N) is 1. The molecule has 2 aromatic carbocycles. The first-order valence-electron chi connectivity index (χ1n) is 6.53. The lowest BCUT2D eigenvalue weighted by atomic mass is 9.87.